The molecule has 1 aromatic heterocycles. The predicted molar refractivity (Wildman–Crippen MR) is 130 cm³/mol. The first-order valence-electron chi connectivity index (χ1n) is 9.77. The highest BCUT2D eigenvalue weighted by molar-refractivity contribution is 7.98. The Kier molecular flexibility index (Phi) is 6.64. The first-order valence-corrected chi connectivity index (χ1v) is 11.8. The van der Waals surface area contributed by atoms with E-state index in [1.807, 2.05) is 35.4 Å². The molecule has 2 heterocycles. The molecule has 0 atom stereocenters. The molecule has 1 N–H and O–H groups in total. The minimum absolute atomic E-state index is 0.109. The van der Waals surface area contributed by atoms with Crippen LogP contribution in [0.5, 0.6) is 0 Å². The van der Waals surface area contributed by atoms with Crippen LogP contribution in [0, 0.1) is 0 Å². The monoisotopic (exact) mass is 503 g/mol. The Morgan fingerprint density at radius 2 is 1.88 bits per heavy atom. The zero-order chi connectivity index (χ0) is 23.7. The summed E-state index contributed by atoms with van der Waals surface area (Å²) in [5.74, 6) is 0.146. The lowest BCUT2D eigenvalue weighted by Gasteiger charge is -2.37. The van der Waals surface area contributed by atoms with Crippen molar-refractivity contribution in [2.75, 3.05) is 29.8 Å². The quantitative estimate of drug-likeness (QED) is 0.369. The highest BCUT2D eigenvalue weighted by Crippen LogP contribution is 2.40. The van der Waals surface area contributed by atoms with Crippen molar-refractivity contribution in [3.63, 3.8) is 0 Å². The summed E-state index contributed by atoms with van der Waals surface area (Å²) in [5.41, 5.74) is 2.23. The van der Waals surface area contributed by atoms with Gasteiger partial charge < -0.3 is 14.9 Å². The third-order valence-corrected chi connectivity index (χ3v) is 6.29. The number of anilines is 3. The number of amides is 2. The van der Waals surface area contributed by atoms with Gasteiger partial charge >= 0.3 is 6.09 Å². The van der Waals surface area contributed by atoms with Crippen LogP contribution in [0.1, 0.15) is 15.9 Å². The number of carbonyl (C=O) groups excluding carboxylic acids is 1. The van der Waals surface area contributed by atoms with Crippen LogP contribution in [0.15, 0.2) is 53.8 Å². The zero-order valence-electron chi connectivity index (χ0n) is 17.7. The number of aromatic nitrogens is 2. The van der Waals surface area contributed by atoms with E-state index in [1.165, 1.54) is 34.8 Å². The molecule has 3 aromatic rings. The van der Waals surface area contributed by atoms with Crippen molar-refractivity contribution >= 4 is 64.2 Å². The summed E-state index contributed by atoms with van der Waals surface area (Å²) in [6.45, 7) is 0.320. The summed E-state index contributed by atoms with van der Waals surface area (Å²) in [4.78, 5) is 38.1. The van der Waals surface area contributed by atoms with Crippen LogP contribution < -0.4 is 9.80 Å². The molecule has 1 aliphatic heterocycles. The van der Waals surface area contributed by atoms with Crippen molar-refractivity contribution in [1.29, 1.82) is 0 Å². The van der Waals surface area contributed by atoms with Gasteiger partial charge in [0.1, 0.15) is 12.2 Å². The van der Waals surface area contributed by atoms with E-state index in [4.69, 9.17) is 23.2 Å². The Bertz CT molecular complexity index is 1220. The second kappa shape index (κ2) is 9.46. The topological polar surface area (TPSA) is 89.9 Å². The van der Waals surface area contributed by atoms with Gasteiger partial charge in [-0.2, -0.15) is 0 Å². The lowest BCUT2D eigenvalue weighted by Crippen LogP contribution is -2.46. The summed E-state index contributed by atoms with van der Waals surface area (Å²) < 4.78 is 0. The Balaban J connectivity index is 1.83. The van der Waals surface area contributed by atoms with E-state index in [1.54, 1.807) is 18.2 Å². The van der Waals surface area contributed by atoms with Gasteiger partial charge in [0.2, 0.25) is 0 Å². The van der Waals surface area contributed by atoms with Gasteiger partial charge in [0, 0.05) is 25.5 Å². The molecule has 1 aliphatic rings. The van der Waals surface area contributed by atoms with Gasteiger partial charge in [-0.1, -0.05) is 53.2 Å². The van der Waals surface area contributed by atoms with Crippen molar-refractivity contribution in [1.82, 2.24) is 14.9 Å². The molecule has 0 aliphatic carbocycles. The van der Waals surface area contributed by atoms with Gasteiger partial charge in [-0.15, -0.1) is 0 Å². The predicted octanol–water partition coefficient (Wildman–Crippen LogP) is 5.37. The van der Waals surface area contributed by atoms with Crippen LogP contribution in [0.2, 0.25) is 10.0 Å². The molecule has 0 spiro atoms. The van der Waals surface area contributed by atoms with E-state index >= 15 is 0 Å². The normalized spacial score (nSPS) is 13.2. The molecule has 2 amide bonds. The van der Waals surface area contributed by atoms with Crippen molar-refractivity contribution in [2.24, 2.45) is 0 Å². The van der Waals surface area contributed by atoms with Gasteiger partial charge in [-0.25, -0.2) is 14.8 Å². The zero-order valence-corrected chi connectivity index (χ0v) is 20.0. The van der Waals surface area contributed by atoms with Crippen molar-refractivity contribution in [2.45, 2.75) is 11.7 Å². The number of fused-ring (bicyclic) bond motifs is 1. The highest BCUT2D eigenvalue weighted by atomic mass is 35.5. The Hall–Kier alpha value is -3.01. The number of thioether (sulfide) groups is 1. The van der Waals surface area contributed by atoms with Crippen LogP contribution in [0.3, 0.4) is 0 Å². The van der Waals surface area contributed by atoms with Crippen LogP contribution in [-0.2, 0) is 6.54 Å². The second-order valence-corrected chi connectivity index (χ2v) is 8.86. The van der Waals surface area contributed by atoms with Gasteiger partial charge in [0.25, 0.3) is 5.91 Å². The number of carbonyl (C=O) groups is 2. The van der Waals surface area contributed by atoms with Gasteiger partial charge in [-0.05, 0) is 36.1 Å². The molecule has 8 nitrogen and oxygen atoms in total. The summed E-state index contributed by atoms with van der Waals surface area (Å²) in [7, 11) is 1.50. The first kappa shape index (κ1) is 23.2. The summed E-state index contributed by atoms with van der Waals surface area (Å²) in [6, 6.07) is 12.5. The fourth-order valence-electron chi connectivity index (χ4n) is 3.52. The van der Waals surface area contributed by atoms with Crippen molar-refractivity contribution in [3.05, 3.63) is 69.8 Å². The van der Waals surface area contributed by atoms with E-state index < -0.39 is 6.09 Å². The Morgan fingerprint density at radius 3 is 2.55 bits per heavy atom. The number of nitrogens with zero attached hydrogens (tertiary/aromatic N) is 5. The van der Waals surface area contributed by atoms with Crippen molar-refractivity contribution < 1.29 is 14.7 Å². The molecular formula is C22H19Cl2N5O3S. The number of hydrogen-bond acceptors (Lipinski definition) is 6. The van der Waals surface area contributed by atoms with Crippen LogP contribution in [-0.4, -0.2) is 51.9 Å². The van der Waals surface area contributed by atoms with Crippen molar-refractivity contribution in [3.8, 4) is 0 Å². The van der Waals surface area contributed by atoms with Crippen LogP contribution >= 0.6 is 35.0 Å². The summed E-state index contributed by atoms with van der Waals surface area (Å²) in [6.07, 6.45) is 2.34. The third kappa shape index (κ3) is 4.57. The van der Waals surface area contributed by atoms with Crippen LogP contribution in [0.25, 0.3) is 0 Å². The van der Waals surface area contributed by atoms with Gasteiger partial charge in [0.15, 0.2) is 11.0 Å². The lowest BCUT2D eigenvalue weighted by molar-refractivity contribution is 0.0982. The fraction of sp³-hybridized carbons (Fsp3) is 0.182. The maximum atomic E-state index is 13.4. The maximum absolute atomic E-state index is 13.4. The number of halogens is 2. The second-order valence-electron chi connectivity index (χ2n) is 7.28. The fourth-order valence-corrected chi connectivity index (χ4v) is 4.45. The molecule has 0 radical (unpaired) electrons. The molecular weight excluding hydrogens is 485 g/mol. The highest BCUT2D eigenvalue weighted by Gasteiger charge is 2.35. The van der Waals surface area contributed by atoms with E-state index in [-0.39, 0.29) is 19.1 Å². The smallest absolute Gasteiger partial charge is 0.407 e. The average molecular weight is 504 g/mol. The Morgan fingerprint density at radius 1 is 1.18 bits per heavy atom. The molecule has 33 heavy (non-hydrogen) atoms. The van der Waals surface area contributed by atoms with Gasteiger partial charge in [-0.3, -0.25) is 9.69 Å². The van der Waals surface area contributed by atoms with Crippen LogP contribution in [0.4, 0.5) is 22.0 Å². The van der Waals surface area contributed by atoms with E-state index in [0.717, 1.165) is 11.3 Å². The lowest BCUT2D eigenvalue weighted by atomic mass is 10.1. The van der Waals surface area contributed by atoms with Gasteiger partial charge in [0.05, 0.1) is 15.7 Å². The minimum atomic E-state index is -1.02. The molecule has 4 rings (SSSR count). The number of hydrogen-bond donors (Lipinski definition) is 1. The number of para-hydroxylation sites is 1. The third-order valence-electron chi connectivity index (χ3n) is 5.12. The van der Waals surface area contributed by atoms with E-state index in [2.05, 4.69) is 9.97 Å². The number of rotatable bonds is 5. The average Bonchev–Trinajstić information content (AvgIpc) is 2.80. The molecule has 0 bridgehead atoms. The Labute approximate surface area is 204 Å². The largest absolute Gasteiger partial charge is 0.465 e. The molecule has 0 saturated carbocycles. The summed E-state index contributed by atoms with van der Waals surface area (Å²) in [5, 5.41) is 10.4. The molecule has 0 saturated heterocycles. The number of carboxylic acid groups (broad SMARTS) is 1. The van der Waals surface area contributed by atoms with E-state index in [0.29, 0.717) is 32.3 Å². The molecule has 2 aromatic carbocycles. The molecule has 170 valence electrons. The molecule has 0 fully saturated rings. The molecule has 0 unspecified atom stereocenters. The maximum Gasteiger partial charge on any atom is 0.407 e. The SMILES string of the molecule is CSc1ncc2c(n1)N(c1cccc(CN(C)C(=O)O)c1)CN(c1c(Cl)cccc1Cl)C2=O. The summed E-state index contributed by atoms with van der Waals surface area (Å²) >= 11 is 14.2. The standard InChI is InChI=1S/C22H19Cl2N5O3S/c1-27(22(31)32)11-13-5-3-6-14(9-13)28-12-29(18-16(23)7-4-8-17(18)24)20(30)15-10-25-21(33-2)26-19(15)28/h3-10H,11-12H2,1-2H3,(H,31,32). The minimum Gasteiger partial charge on any atom is -0.465 e. The van der Waals surface area contributed by atoms with E-state index in [9.17, 15) is 14.7 Å². The number of benzene rings is 2. The molecule has 11 heteroatoms. The first-order chi connectivity index (χ1) is 15.8.